The summed E-state index contributed by atoms with van der Waals surface area (Å²) in [6.45, 7) is 14.9. The molecule has 5 nitrogen and oxygen atoms in total. The zero-order chi connectivity index (χ0) is 20.0. The molecule has 0 aliphatic carbocycles. The molecule has 26 heavy (non-hydrogen) atoms. The highest BCUT2D eigenvalue weighted by molar-refractivity contribution is 7.89. The van der Waals surface area contributed by atoms with Gasteiger partial charge in [0.25, 0.3) is 0 Å². The highest BCUT2D eigenvalue weighted by Gasteiger charge is 2.43. The average molecular weight is 384 g/mol. The molecule has 6 heteroatoms. The van der Waals surface area contributed by atoms with E-state index < -0.39 is 10.0 Å². The molecule has 0 saturated carbocycles. The summed E-state index contributed by atoms with van der Waals surface area (Å²) in [4.78, 5) is 0.220. The van der Waals surface area contributed by atoms with E-state index in [1.54, 1.807) is 12.1 Å². The van der Waals surface area contributed by atoms with Crippen molar-refractivity contribution in [3.63, 3.8) is 0 Å². The van der Waals surface area contributed by atoms with Gasteiger partial charge in [-0.2, -0.15) is 0 Å². The monoisotopic (exact) mass is 383 g/mol. The van der Waals surface area contributed by atoms with Gasteiger partial charge in [-0.05, 0) is 50.8 Å². The van der Waals surface area contributed by atoms with Gasteiger partial charge in [-0.1, -0.05) is 26.8 Å². The first-order valence-corrected chi connectivity index (χ1v) is 10.7. The van der Waals surface area contributed by atoms with Gasteiger partial charge in [-0.3, -0.25) is 0 Å². The minimum absolute atomic E-state index is 0.00766. The summed E-state index contributed by atoms with van der Waals surface area (Å²) < 4.78 is 34.7. The minimum Gasteiger partial charge on any atom is -0.495 e. The predicted octanol–water partition coefficient (Wildman–Crippen LogP) is 2.55. The summed E-state index contributed by atoms with van der Waals surface area (Å²) in [5.41, 5.74) is 0.815. The molecule has 1 saturated heterocycles. The first-order chi connectivity index (χ1) is 11.7. The first-order valence-electron chi connectivity index (χ1n) is 9.23. The summed E-state index contributed by atoms with van der Waals surface area (Å²) >= 11 is 0. The number of nitrogens with one attached hydrogen (secondary N) is 1. The maximum atomic E-state index is 13.2. The molecule has 0 unspecified atom stereocenters. The third-order valence-electron chi connectivity index (χ3n) is 4.97. The Morgan fingerprint density at radius 3 is 2.12 bits per heavy atom. The Balaban J connectivity index is 2.38. The topological polar surface area (TPSA) is 72.0 Å². The van der Waals surface area contributed by atoms with E-state index in [1.807, 2.05) is 6.07 Å². The van der Waals surface area contributed by atoms with Gasteiger partial charge in [-0.15, -0.1) is 0 Å². The fraction of sp³-hybridized carbons (Fsp3) is 0.700. The van der Waals surface area contributed by atoms with Gasteiger partial charge in [0.15, 0.2) is 0 Å². The molecule has 1 aliphatic heterocycles. The van der Waals surface area contributed by atoms with Gasteiger partial charge in [0.2, 0.25) is 10.0 Å². The molecule has 0 bridgehead atoms. The second-order valence-corrected chi connectivity index (χ2v) is 11.6. The SMILES string of the molecule is COc1ccc(C(C)(C)C)cc1S(=O)(=O)NC1CC(C)(C)[NH2+]C(C)(C)C1. The Bertz CT molecular complexity index is 746. The van der Waals surface area contributed by atoms with E-state index in [4.69, 9.17) is 4.74 Å². The average Bonchev–Trinajstić information content (AvgIpc) is 2.41. The molecule has 0 radical (unpaired) electrons. The van der Waals surface area contributed by atoms with Crippen LogP contribution in [-0.4, -0.2) is 32.6 Å². The highest BCUT2D eigenvalue weighted by atomic mass is 32.2. The van der Waals surface area contributed by atoms with Crippen LogP contribution in [0.4, 0.5) is 0 Å². The Hall–Kier alpha value is -1.11. The van der Waals surface area contributed by atoms with Crippen LogP contribution < -0.4 is 14.8 Å². The molecule has 1 aromatic carbocycles. The van der Waals surface area contributed by atoms with Gasteiger partial charge >= 0.3 is 0 Å². The van der Waals surface area contributed by atoms with Crippen molar-refractivity contribution in [1.82, 2.24) is 4.72 Å². The summed E-state index contributed by atoms with van der Waals surface area (Å²) in [6, 6.07) is 5.32. The van der Waals surface area contributed by atoms with Crippen molar-refractivity contribution >= 4 is 10.0 Å². The van der Waals surface area contributed by atoms with Crippen LogP contribution in [0.5, 0.6) is 5.75 Å². The molecule has 1 aliphatic rings. The van der Waals surface area contributed by atoms with Crippen LogP contribution in [0.2, 0.25) is 0 Å². The Morgan fingerprint density at radius 1 is 1.12 bits per heavy atom. The highest BCUT2D eigenvalue weighted by Crippen LogP contribution is 2.32. The smallest absolute Gasteiger partial charge is 0.244 e. The lowest BCUT2D eigenvalue weighted by Gasteiger charge is -2.43. The first kappa shape index (κ1) is 21.2. The zero-order valence-electron chi connectivity index (χ0n) is 17.4. The molecule has 1 aromatic rings. The van der Waals surface area contributed by atoms with Gasteiger partial charge in [0, 0.05) is 18.9 Å². The number of rotatable bonds is 4. The minimum atomic E-state index is -3.67. The van der Waals surface area contributed by atoms with E-state index in [2.05, 4.69) is 58.5 Å². The molecule has 148 valence electrons. The molecule has 0 spiro atoms. The maximum absolute atomic E-state index is 13.2. The van der Waals surface area contributed by atoms with Crippen molar-refractivity contribution in [2.75, 3.05) is 7.11 Å². The van der Waals surface area contributed by atoms with Crippen molar-refractivity contribution in [1.29, 1.82) is 0 Å². The zero-order valence-corrected chi connectivity index (χ0v) is 18.3. The van der Waals surface area contributed by atoms with Crippen molar-refractivity contribution < 1.29 is 18.5 Å². The lowest BCUT2D eigenvalue weighted by molar-refractivity contribution is -0.787. The van der Waals surface area contributed by atoms with Gasteiger partial charge in [0.1, 0.15) is 10.6 Å². The maximum Gasteiger partial charge on any atom is 0.244 e. The number of piperidine rings is 1. The van der Waals surface area contributed by atoms with Crippen LogP contribution in [0.15, 0.2) is 23.1 Å². The molecular formula is C20H35N2O3S+. The van der Waals surface area contributed by atoms with E-state index in [9.17, 15) is 8.42 Å². The lowest BCUT2D eigenvalue weighted by Crippen LogP contribution is -3.06. The van der Waals surface area contributed by atoms with E-state index in [0.29, 0.717) is 5.75 Å². The second-order valence-electron chi connectivity index (χ2n) is 9.96. The number of benzene rings is 1. The third kappa shape index (κ3) is 4.99. The number of methoxy groups -OCH3 is 1. The van der Waals surface area contributed by atoms with Crippen LogP contribution in [0, 0.1) is 0 Å². The van der Waals surface area contributed by atoms with Crippen LogP contribution in [-0.2, 0) is 15.4 Å². The molecule has 0 amide bonds. The fourth-order valence-electron chi connectivity index (χ4n) is 4.24. The van der Waals surface area contributed by atoms with Crippen molar-refractivity contribution in [3.8, 4) is 5.75 Å². The molecule has 1 fully saturated rings. The van der Waals surface area contributed by atoms with Crippen molar-refractivity contribution in [2.45, 2.75) is 88.7 Å². The summed E-state index contributed by atoms with van der Waals surface area (Å²) in [7, 11) is -2.17. The van der Waals surface area contributed by atoms with Gasteiger partial charge in [-0.25, -0.2) is 13.1 Å². The molecule has 0 aromatic heterocycles. The third-order valence-corrected chi connectivity index (χ3v) is 6.51. The van der Waals surface area contributed by atoms with E-state index in [0.717, 1.165) is 18.4 Å². The Morgan fingerprint density at radius 2 is 1.65 bits per heavy atom. The van der Waals surface area contributed by atoms with Crippen LogP contribution >= 0.6 is 0 Å². The standard InChI is InChI=1S/C20H34N2O3S/c1-18(2,3)14-9-10-16(25-8)17(11-14)26(23,24)21-15-12-19(4,5)22-20(6,7)13-15/h9-11,15,21-22H,12-13H2,1-8H3/p+1. The summed E-state index contributed by atoms with van der Waals surface area (Å²) in [5, 5.41) is 2.34. The van der Waals surface area contributed by atoms with Gasteiger partial charge < -0.3 is 10.1 Å². The number of quaternary nitrogens is 1. The molecule has 0 atom stereocenters. The van der Waals surface area contributed by atoms with E-state index in [1.165, 1.54) is 7.11 Å². The lowest BCUT2D eigenvalue weighted by atomic mass is 9.80. The normalized spacial score (nSPS) is 20.8. The van der Waals surface area contributed by atoms with Crippen molar-refractivity contribution in [3.05, 3.63) is 23.8 Å². The second kappa shape index (κ2) is 6.80. The molecule has 2 rings (SSSR count). The van der Waals surface area contributed by atoms with Gasteiger partial charge in [0.05, 0.1) is 18.2 Å². The number of hydrogen-bond donors (Lipinski definition) is 2. The number of ether oxygens (including phenoxy) is 1. The van der Waals surface area contributed by atoms with E-state index in [-0.39, 0.29) is 27.4 Å². The fourth-order valence-corrected chi connectivity index (χ4v) is 5.67. The molecule has 3 N–H and O–H groups in total. The number of hydrogen-bond acceptors (Lipinski definition) is 3. The summed E-state index contributed by atoms with van der Waals surface area (Å²) in [5.74, 6) is 0.381. The van der Waals surface area contributed by atoms with Crippen LogP contribution in [0.3, 0.4) is 0 Å². The van der Waals surface area contributed by atoms with Crippen LogP contribution in [0.25, 0.3) is 0 Å². The van der Waals surface area contributed by atoms with E-state index >= 15 is 0 Å². The number of sulfonamides is 1. The Kier molecular flexibility index (Phi) is 5.55. The number of nitrogens with two attached hydrogens (primary N) is 1. The van der Waals surface area contributed by atoms with Crippen molar-refractivity contribution in [2.24, 2.45) is 0 Å². The van der Waals surface area contributed by atoms with Crippen LogP contribution in [0.1, 0.15) is 66.9 Å². The largest absolute Gasteiger partial charge is 0.495 e. The quantitative estimate of drug-likeness (QED) is 0.839. The Labute approximate surface area is 159 Å². The summed E-state index contributed by atoms with van der Waals surface area (Å²) in [6.07, 6.45) is 1.58. The molecule has 1 heterocycles. The predicted molar refractivity (Wildman–Crippen MR) is 105 cm³/mol. The molecular weight excluding hydrogens is 348 g/mol.